The van der Waals surface area contributed by atoms with E-state index in [4.69, 9.17) is 21.8 Å². The van der Waals surface area contributed by atoms with E-state index in [1.165, 1.54) is 24.5 Å². The van der Waals surface area contributed by atoms with E-state index in [9.17, 15) is 9.18 Å². The average molecular weight is 333 g/mol. The Morgan fingerprint density at radius 2 is 2.04 bits per heavy atom. The Hall–Kier alpha value is -2.93. The molecule has 3 rings (SSSR count). The molecule has 2 heterocycles. The summed E-state index contributed by atoms with van der Waals surface area (Å²) >= 11 is 5.75. The lowest BCUT2D eigenvalue weighted by Crippen LogP contribution is -2.13. The third-order valence-corrected chi connectivity index (χ3v) is 3.14. The van der Waals surface area contributed by atoms with Crippen molar-refractivity contribution in [2.24, 2.45) is 0 Å². The SMILES string of the molecule is Nc1cc(C(=O)Nc2nc(-c3ccccc3F)co2)cc(Cl)n1. The summed E-state index contributed by atoms with van der Waals surface area (Å²) in [5.41, 5.74) is 6.27. The molecule has 6 nitrogen and oxygen atoms in total. The minimum absolute atomic E-state index is 0.0697. The molecule has 8 heteroatoms. The van der Waals surface area contributed by atoms with Crippen molar-refractivity contribution >= 4 is 29.3 Å². The van der Waals surface area contributed by atoms with Crippen LogP contribution in [0.25, 0.3) is 11.3 Å². The molecule has 0 saturated heterocycles. The molecule has 23 heavy (non-hydrogen) atoms. The highest BCUT2D eigenvalue weighted by atomic mass is 35.5. The summed E-state index contributed by atoms with van der Waals surface area (Å²) in [5, 5.41) is 2.53. The average Bonchev–Trinajstić information content (AvgIpc) is 2.95. The van der Waals surface area contributed by atoms with Gasteiger partial charge in [-0.05, 0) is 24.3 Å². The maximum atomic E-state index is 13.7. The lowest BCUT2D eigenvalue weighted by atomic mass is 10.1. The number of carbonyl (C=O) groups excluding carboxylic acids is 1. The van der Waals surface area contributed by atoms with Crippen molar-refractivity contribution in [3.63, 3.8) is 0 Å². The quantitative estimate of drug-likeness (QED) is 0.717. The Balaban J connectivity index is 1.82. The number of carbonyl (C=O) groups is 1. The number of benzene rings is 1. The highest BCUT2D eigenvalue weighted by molar-refractivity contribution is 6.30. The Bertz CT molecular complexity index is 861. The van der Waals surface area contributed by atoms with Crippen LogP contribution in [-0.2, 0) is 0 Å². The van der Waals surface area contributed by atoms with Gasteiger partial charge in [0.25, 0.3) is 5.91 Å². The van der Waals surface area contributed by atoms with Crippen LogP contribution in [0.2, 0.25) is 5.15 Å². The molecule has 0 bridgehead atoms. The van der Waals surface area contributed by atoms with Gasteiger partial charge in [-0.15, -0.1) is 0 Å². The van der Waals surface area contributed by atoms with Gasteiger partial charge in [0.05, 0.1) is 0 Å². The van der Waals surface area contributed by atoms with Gasteiger partial charge in [0, 0.05) is 11.1 Å². The number of anilines is 2. The number of rotatable bonds is 3. The van der Waals surface area contributed by atoms with Crippen LogP contribution in [-0.4, -0.2) is 15.9 Å². The van der Waals surface area contributed by atoms with Crippen LogP contribution in [0.3, 0.4) is 0 Å². The number of nitrogens with one attached hydrogen (secondary N) is 1. The third-order valence-electron chi connectivity index (χ3n) is 2.95. The summed E-state index contributed by atoms with van der Waals surface area (Å²) in [6, 6.07) is 8.76. The molecule has 0 saturated carbocycles. The number of nitrogens with zero attached hydrogens (tertiary/aromatic N) is 2. The zero-order valence-corrected chi connectivity index (χ0v) is 12.3. The molecular weight excluding hydrogens is 323 g/mol. The number of oxazole rings is 1. The molecule has 0 aliphatic heterocycles. The smallest absolute Gasteiger partial charge is 0.302 e. The number of nitrogens with two attached hydrogens (primary N) is 1. The van der Waals surface area contributed by atoms with Gasteiger partial charge in [0.2, 0.25) is 0 Å². The number of amides is 1. The molecular formula is C15H10ClFN4O2. The summed E-state index contributed by atoms with van der Waals surface area (Å²) < 4.78 is 18.8. The summed E-state index contributed by atoms with van der Waals surface area (Å²) in [5.74, 6) is -0.850. The van der Waals surface area contributed by atoms with E-state index >= 15 is 0 Å². The molecule has 1 amide bonds. The highest BCUT2D eigenvalue weighted by Gasteiger charge is 2.14. The van der Waals surface area contributed by atoms with E-state index in [1.807, 2.05) is 0 Å². The normalized spacial score (nSPS) is 10.5. The number of hydrogen-bond donors (Lipinski definition) is 2. The highest BCUT2D eigenvalue weighted by Crippen LogP contribution is 2.23. The van der Waals surface area contributed by atoms with Crippen LogP contribution in [0.5, 0.6) is 0 Å². The molecule has 2 aromatic heterocycles. The van der Waals surface area contributed by atoms with Gasteiger partial charge in [0.1, 0.15) is 28.7 Å². The van der Waals surface area contributed by atoms with E-state index in [1.54, 1.807) is 18.2 Å². The second-order valence-corrected chi connectivity index (χ2v) is 4.96. The van der Waals surface area contributed by atoms with Crippen molar-refractivity contribution in [2.45, 2.75) is 0 Å². The van der Waals surface area contributed by atoms with Crippen molar-refractivity contribution in [1.29, 1.82) is 0 Å². The lowest BCUT2D eigenvalue weighted by molar-refractivity contribution is 0.102. The van der Waals surface area contributed by atoms with E-state index in [-0.39, 0.29) is 33.8 Å². The fourth-order valence-electron chi connectivity index (χ4n) is 1.94. The molecule has 1 aromatic carbocycles. The van der Waals surface area contributed by atoms with Crippen LogP contribution in [0.15, 0.2) is 47.1 Å². The van der Waals surface area contributed by atoms with Crippen LogP contribution < -0.4 is 11.1 Å². The molecule has 116 valence electrons. The van der Waals surface area contributed by atoms with Crippen molar-refractivity contribution in [2.75, 3.05) is 11.1 Å². The molecule has 0 spiro atoms. The molecule has 3 aromatic rings. The zero-order valence-electron chi connectivity index (χ0n) is 11.6. The van der Waals surface area contributed by atoms with Crippen LogP contribution in [0.4, 0.5) is 16.2 Å². The molecule has 3 N–H and O–H groups in total. The number of halogens is 2. The molecule has 0 radical (unpaired) electrons. The standard InChI is InChI=1S/C15H10ClFN4O2/c16-12-5-8(6-13(18)20-12)14(22)21-15-19-11(7-23-15)9-3-1-2-4-10(9)17/h1-7H,(H2,18,20)(H,19,21,22). The van der Waals surface area contributed by atoms with E-state index in [0.717, 1.165) is 0 Å². The summed E-state index contributed by atoms with van der Waals surface area (Å²) in [7, 11) is 0. The minimum Gasteiger partial charge on any atom is -0.431 e. The zero-order chi connectivity index (χ0) is 16.4. The molecule has 0 aliphatic carbocycles. The second kappa shape index (κ2) is 6.05. The fraction of sp³-hybridized carbons (Fsp3) is 0. The number of aromatic nitrogens is 2. The van der Waals surface area contributed by atoms with Gasteiger partial charge >= 0.3 is 6.01 Å². The lowest BCUT2D eigenvalue weighted by Gasteiger charge is -2.02. The van der Waals surface area contributed by atoms with Crippen molar-refractivity contribution in [3.8, 4) is 11.3 Å². The van der Waals surface area contributed by atoms with Gasteiger partial charge in [-0.1, -0.05) is 23.7 Å². The monoisotopic (exact) mass is 332 g/mol. The number of hydrogen-bond acceptors (Lipinski definition) is 5. The first-order valence-electron chi connectivity index (χ1n) is 6.48. The summed E-state index contributed by atoms with van der Waals surface area (Å²) in [6.45, 7) is 0. The summed E-state index contributed by atoms with van der Waals surface area (Å²) in [4.78, 5) is 19.9. The maximum Gasteiger partial charge on any atom is 0.302 e. The van der Waals surface area contributed by atoms with E-state index in [2.05, 4.69) is 15.3 Å². The predicted molar refractivity (Wildman–Crippen MR) is 83.5 cm³/mol. The van der Waals surface area contributed by atoms with Crippen LogP contribution in [0, 0.1) is 5.82 Å². The largest absolute Gasteiger partial charge is 0.431 e. The Labute approximate surface area is 135 Å². The van der Waals surface area contributed by atoms with E-state index in [0.29, 0.717) is 0 Å². The van der Waals surface area contributed by atoms with Gasteiger partial charge in [-0.3, -0.25) is 10.1 Å². The minimum atomic E-state index is -0.525. The van der Waals surface area contributed by atoms with E-state index < -0.39 is 11.7 Å². The molecule has 0 atom stereocenters. The number of pyridine rings is 1. The Morgan fingerprint density at radius 1 is 1.26 bits per heavy atom. The predicted octanol–water partition coefficient (Wildman–Crippen LogP) is 3.36. The first-order valence-corrected chi connectivity index (χ1v) is 6.85. The fourth-order valence-corrected chi connectivity index (χ4v) is 2.16. The first kappa shape index (κ1) is 15.0. The summed E-state index contributed by atoms with van der Waals surface area (Å²) in [6.07, 6.45) is 1.25. The first-order chi connectivity index (χ1) is 11.0. The molecule has 0 fully saturated rings. The van der Waals surface area contributed by atoms with Gasteiger partial charge in [-0.2, -0.15) is 4.98 Å². The van der Waals surface area contributed by atoms with Crippen LogP contribution >= 0.6 is 11.6 Å². The van der Waals surface area contributed by atoms with Crippen molar-refractivity contribution in [3.05, 3.63) is 59.2 Å². The Kier molecular flexibility index (Phi) is 3.94. The molecule has 0 unspecified atom stereocenters. The van der Waals surface area contributed by atoms with Crippen molar-refractivity contribution in [1.82, 2.24) is 9.97 Å². The second-order valence-electron chi connectivity index (χ2n) is 4.58. The molecule has 0 aliphatic rings. The van der Waals surface area contributed by atoms with Crippen LogP contribution in [0.1, 0.15) is 10.4 Å². The van der Waals surface area contributed by atoms with Gasteiger partial charge in [-0.25, -0.2) is 9.37 Å². The topological polar surface area (TPSA) is 94.0 Å². The third kappa shape index (κ3) is 3.29. The van der Waals surface area contributed by atoms with Gasteiger partial charge in [0.15, 0.2) is 0 Å². The van der Waals surface area contributed by atoms with Crippen molar-refractivity contribution < 1.29 is 13.6 Å². The van der Waals surface area contributed by atoms with Gasteiger partial charge < -0.3 is 10.2 Å². The Morgan fingerprint density at radius 3 is 2.78 bits per heavy atom. The maximum absolute atomic E-state index is 13.7. The number of nitrogen functional groups attached to an aromatic ring is 1.